The predicted octanol–water partition coefficient (Wildman–Crippen LogP) is 2.54. The Labute approximate surface area is 147 Å². The highest BCUT2D eigenvalue weighted by Gasteiger charge is 2.24. The number of anilines is 1. The minimum absolute atomic E-state index is 0.0862. The zero-order chi connectivity index (χ0) is 17.6. The second-order valence-electron chi connectivity index (χ2n) is 6.42. The van der Waals surface area contributed by atoms with E-state index >= 15 is 0 Å². The molecule has 0 aliphatic carbocycles. The van der Waals surface area contributed by atoms with Crippen molar-refractivity contribution in [2.45, 2.75) is 32.4 Å². The maximum atomic E-state index is 12.3. The van der Waals surface area contributed by atoms with E-state index in [9.17, 15) is 9.59 Å². The summed E-state index contributed by atoms with van der Waals surface area (Å²) in [5.41, 5.74) is 1.68. The Morgan fingerprint density at radius 1 is 1.24 bits per heavy atom. The van der Waals surface area contributed by atoms with Gasteiger partial charge in [-0.1, -0.05) is 12.1 Å². The highest BCUT2D eigenvalue weighted by Crippen LogP contribution is 2.17. The van der Waals surface area contributed by atoms with Gasteiger partial charge in [0.05, 0.1) is 6.26 Å². The van der Waals surface area contributed by atoms with Crippen molar-refractivity contribution in [3.8, 4) is 0 Å². The lowest BCUT2D eigenvalue weighted by atomic mass is 9.92. The van der Waals surface area contributed by atoms with Gasteiger partial charge in [-0.2, -0.15) is 0 Å². The number of carbonyl (C=O) groups excluding carboxylic acids is 2. The summed E-state index contributed by atoms with van der Waals surface area (Å²) in [5.74, 6) is 0.185. The average molecular weight is 341 g/mol. The van der Waals surface area contributed by atoms with E-state index in [1.165, 1.54) is 6.26 Å². The van der Waals surface area contributed by atoms with Gasteiger partial charge >= 0.3 is 0 Å². The molecule has 0 bridgehead atoms. The molecule has 132 valence electrons. The lowest BCUT2D eigenvalue weighted by Crippen LogP contribution is -2.42. The van der Waals surface area contributed by atoms with Gasteiger partial charge in [-0.15, -0.1) is 0 Å². The summed E-state index contributed by atoms with van der Waals surface area (Å²) in [4.78, 5) is 24.2. The fourth-order valence-electron chi connectivity index (χ4n) is 3.01. The maximum Gasteiger partial charge on any atom is 0.291 e. The van der Waals surface area contributed by atoms with Crippen LogP contribution in [0.1, 0.15) is 35.9 Å². The molecule has 3 rings (SSSR count). The number of amides is 2. The van der Waals surface area contributed by atoms with Crippen molar-refractivity contribution < 1.29 is 14.0 Å². The number of carbonyl (C=O) groups is 2. The second kappa shape index (κ2) is 7.98. The van der Waals surface area contributed by atoms with Crippen LogP contribution in [0.4, 0.5) is 5.69 Å². The number of nitrogens with one attached hydrogen (secondary N) is 3. The molecule has 25 heavy (non-hydrogen) atoms. The molecule has 6 heteroatoms. The van der Waals surface area contributed by atoms with Crippen molar-refractivity contribution in [3.05, 3.63) is 54.0 Å². The topological polar surface area (TPSA) is 83.4 Å². The fraction of sp³-hybridized carbons (Fsp3) is 0.368. The first-order valence-corrected chi connectivity index (χ1v) is 8.56. The summed E-state index contributed by atoms with van der Waals surface area (Å²) in [6.07, 6.45) is 3.22. The highest BCUT2D eigenvalue weighted by molar-refractivity contribution is 6.02. The van der Waals surface area contributed by atoms with Crippen molar-refractivity contribution in [2.24, 2.45) is 5.92 Å². The molecule has 1 aromatic carbocycles. The van der Waals surface area contributed by atoms with Crippen LogP contribution in [0.5, 0.6) is 0 Å². The molecule has 3 N–H and O–H groups in total. The zero-order valence-electron chi connectivity index (χ0n) is 14.2. The summed E-state index contributed by atoms with van der Waals surface area (Å²) < 4.78 is 5.06. The van der Waals surface area contributed by atoms with E-state index in [-0.39, 0.29) is 23.5 Å². The molecule has 1 aromatic heterocycles. The SMILES string of the molecule is C[C@H]1C[C@@H](C(=O)NCc2ccc(NC(=O)c3ccco3)cc2)CCN1. The molecule has 2 amide bonds. The Bertz CT molecular complexity index is 710. The van der Waals surface area contributed by atoms with Crippen LogP contribution in [0.15, 0.2) is 47.1 Å². The number of piperidine rings is 1. The van der Waals surface area contributed by atoms with Crippen molar-refractivity contribution in [1.29, 1.82) is 0 Å². The smallest absolute Gasteiger partial charge is 0.291 e. The van der Waals surface area contributed by atoms with E-state index in [0.29, 0.717) is 18.3 Å². The van der Waals surface area contributed by atoms with Gasteiger partial charge in [-0.05, 0) is 56.1 Å². The Kier molecular flexibility index (Phi) is 5.50. The summed E-state index contributed by atoms with van der Waals surface area (Å²) in [5, 5.41) is 9.12. The minimum Gasteiger partial charge on any atom is -0.459 e. The van der Waals surface area contributed by atoms with E-state index in [1.807, 2.05) is 24.3 Å². The van der Waals surface area contributed by atoms with Crippen LogP contribution >= 0.6 is 0 Å². The van der Waals surface area contributed by atoms with Crippen molar-refractivity contribution in [2.75, 3.05) is 11.9 Å². The molecule has 2 atom stereocenters. The first-order chi connectivity index (χ1) is 12.1. The molecule has 0 spiro atoms. The number of hydrogen-bond acceptors (Lipinski definition) is 4. The van der Waals surface area contributed by atoms with E-state index in [2.05, 4.69) is 22.9 Å². The van der Waals surface area contributed by atoms with E-state index < -0.39 is 0 Å². The Hall–Kier alpha value is -2.60. The quantitative estimate of drug-likeness (QED) is 0.780. The van der Waals surface area contributed by atoms with Crippen LogP contribution in [-0.2, 0) is 11.3 Å². The standard InChI is InChI=1S/C19H23N3O3/c1-13-11-15(8-9-20-13)18(23)21-12-14-4-6-16(7-5-14)22-19(24)17-3-2-10-25-17/h2-7,10,13,15,20H,8-9,11-12H2,1H3,(H,21,23)(H,22,24)/t13-,15-/m0/s1. The monoisotopic (exact) mass is 341 g/mol. The molecule has 1 aliphatic rings. The fourth-order valence-corrected chi connectivity index (χ4v) is 3.01. The van der Waals surface area contributed by atoms with Gasteiger partial charge in [0.15, 0.2) is 5.76 Å². The van der Waals surface area contributed by atoms with Gasteiger partial charge in [0.25, 0.3) is 5.91 Å². The zero-order valence-corrected chi connectivity index (χ0v) is 14.2. The van der Waals surface area contributed by atoms with Crippen LogP contribution in [0.2, 0.25) is 0 Å². The molecule has 0 unspecified atom stereocenters. The first-order valence-electron chi connectivity index (χ1n) is 8.56. The summed E-state index contributed by atoms with van der Waals surface area (Å²) in [6.45, 7) is 3.49. The van der Waals surface area contributed by atoms with Crippen LogP contribution in [0.3, 0.4) is 0 Å². The molecular formula is C19H23N3O3. The molecule has 1 aliphatic heterocycles. The van der Waals surface area contributed by atoms with Gasteiger partial charge in [-0.25, -0.2) is 0 Å². The summed E-state index contributed by atoms with van der Waals surface area (Å²) in [6, 6.07) is 11.1. The largest absolute Gasteiger partial charge is 0.459 e. The highest BCUT2D eigenvalue weighted by atomic mass is 16.3. The number of hydrogen-bond donors (Lipinski definition) is 3. The molecule has 0 saturated carbocycles. The van der Waals surface area contributed by atoms with Gasteiger partial charge in [0.1, 0.15) is 0 Å². The molecule has 6 nitrogen and oxygen atoms in total. The maximum absolute atomic E-state index is 12.3. The first kappa shape index (κ1) is 17.2. The predicted molar refractivity (Wildman–Crippen MR) is 95.1 cm³/mol. The molecule has 2 aromatic rings. The number of furan rings is 1. The minimum atomic E-state index is -0.286. The van der Waals surface area contributed by atoms with Gasteiger partial charge in [0.2, 0.25) is 5.91 Å². The van der Waals surface area contributed by atoms with Gasteiger partial charge in [0, 0.05) is 24.2 Å². The third kappa shape index (κ3) is 4.70. The Morgan fingerprint density at radius 2 is 2.04 bits per heavy atom. The number of benzene rings is 1. The van der Waals surface area contributed by atoms with Gasteiger partial charge < -0.3 is 20.4 Å². The second-order valence-corrected chi connectivity index (χ2v) is 6.42. The van der Waals surface area contributed by atoms with Crippen LogP contribution < -0.4 is 16.0 Å². The van der Waals surface area contributed by atoms with Crippen molar-refractivity contribution in [1.82, 2.24) is 10.6 Å². The van der Waals surface area contributed by atoms with Crippen molar-refractivity contribution in [3.63, 3.8) is 0 Å². The normalized spacial score (nSPS) is 20.0. The van der Waals surface area contributed by atoms with Crippen LogP contribution in [-0.4, -0.2) is 24.4 Å². The lowest BCUT2D eigenvalue weighted by Gasteiger charge is -2.27. The molecule has 1 saturated heterocycles. The summed E-state index contributed by atoms with van der Waals surface area (Å²) in [7, 11) is 0. The van der Waals surface area contributed by atoms with E-state index in [1.54, 1.807) is 12.1 Å². The van der Waals surface area contributed by atoms with Crippen LogP contribution in [0.25, 0.3) is 0 Å². The number of rotatable bonds is 5. The molecular weight excluding hydrogens is 318 g/mol. The Morgan fingerprint density at radius 3 is 2.72 bits per heavy atom. The molecule has 0 radical (unpaired) electrons. The summed E-state index contributed by atoms with van der Waals surface area (Å²) >= 11 is 0. The van der Waals surface area contributed by atoms with Crippen LogP contribution in [0, 0.1) is 5.92 Å². The lowest BCUT2D eigenvalue weighted by molar-refractivity contribution is -0.126. The van der Waals surface area contributed by atoms with E-state index in [0.717, 1.165) is 24.9 Å². The van der Waals surface area contributed by atoms with Gasteiger partial charge in [-0.3, -0.25) is 9.59 Å². The average Bonchev–Trinajstić information content (AvgIpc) is 3.16. The third-order valence-electron chi connectivity index (χ3n) is 4.42. The third-order valence-corrected chi connectivity index (χ3v) is 4.42. The molecule has 1 fully saturated rings. The Balaban J connectivity index is 1.49. The molecule has 2 heterocycles. The van der Waals surface area contributed by atoms with Crippen molar-refractivity contribution >= 4 is 17.5 Å². The van der Waals surface area contributed by atoms with E-state index in [4.69, 9.17) is 4.42 Å².